The van der Waals surface area contributed by atoms with Crippen molar-refractivity contribution in [3.05, 3.63) is 29.3 Å². The van der Waals surface area contributed by atoms with Crippen LogP contribution in [0.2, 0.25) is 0 Å². The third-order valence-electron chi connectivity index (χ3n) is 6.01. The van der Waals surface area contributed by atoms with Gasteiger partial charge in [0, 0.05) is 51.8 Å². The zero-order valence-corrected chi connectivity index (χ0v) is 21.2. The lowest BCUT2D eigenvalue weighted by atomic mass is 10.1. The van der Waals surface area contributed by atoms with Gasteiger partial charge in [0.05, 0.1) is 13.2 Å². The second kappa shape index (κ2) is 12.9. The molecule has 9 nitrogen and oxygen atoms in total. The number of carbonyl (C=O) groups is 3. The number of amides is 3. The zero-order valence-electron chi connectivity index (χ0n) is 20.4. The fraction of sp³-hybridized carbons (Fsp3) is 0.625. The van der Waals surface area contributed by atoms with Crippen molar-refractivity contribution in [1.29, 1.82) is 0 Å². The van der Waals surface area contributed by atoms with Gasteiger partial charge in [0.25, 0.3) is 0 Å². The molecule has 2 heterocycles. The Bertz CT molecular complexity index is 860. The first-order valence-electron chi connectivity index (χ1n) is 11.8. The Morgan fingerprint density at radius 2 is 1.91 bits per heavy atom. The molecule has 0 aliphatic carbocycles. The summed E-state index contributed by atoms with van der Waals surface area (Å²) in [5, 5.41) is 2.81. The molecule has 0 spiro atoms. The highest BCUT2D eigenvalue weighted by Crippen LogP contribution is 2.26. The van der Waals surface area contributed by atoms with Crippen LogP contribution in [0.5, 0.6) is 5.75 Å². The molecule has 34 heavy (non-hydrogen) atoms. The Balaban J connectivity index is 1.63. The largest absolute Gasteiger partial charge is 0.491 e. The molecule has 1 fully saturated rings. The summed E-state index contributed by atoms with van der Waals surface area (Å²) in [7, 11) is 0. The van der Waals surface area contributed by atoms with Gasteiger partial charge >= 0.3 is 6.09 Å². The SMILES string of the molecule is CCOC(=O)N1CCN(Cc2ccc3c(c2)CN(C(=O)[C@H](CCSC)NC(C)=O)CCO3)CC1. The van der Waals surface area contributed by atoms with Gasteiger partial charge < -0.3 is 24.6 Å². The highest BCUT2D eigenvalue weighted by atomic mass is 32.2. The van der Waals surface area contributed by atoms with E-state index in [-0.39, 0.29) is 17.9 Å². The fourth-order valence-corrected chi connectivity index (χ4v) is 4.73. The molecule has 0 bridgehead atoms. The third-order valence-corrected chi connectivity index (χ3v) is 6.65. The van der Waals surface area contributed by atoms with E-state index in [1.165, 1.54) is 6.92 Å². The van der Waals surface area contributed by atoms with Crippen LogP contribution in [0.3, 0.4) is 0 Å². The molecule has 1 aromatic carbocycles. The van der Waals surface area contributed by atoms with Crippen molar-refractivity contribution >= 4 is 29.7 Å². The zero-order chi connectivity index (χ0) is 24.5. The van der Waals surface area contributed by atoms with Crippen LogP contribution < -0.4 is 10.1 Å². The molecule has 1 atom stereocenters. The molecule has 1 saturated heterocycles. The van der Waals surface area contributed by atoms with E-state index in [0.717, 1.165) is 42.3 Å². The number of ether oxygens (including phenoxy) is 2. The van der Waals surface area contributed by atoms with Gasteiger partial charge in [-0.05, 0) is 43.0 Å². The molecular weight excluding hydrogens is 456 g/mol. The smallest absolute Gasteiger partial charge is 0.409 e. The maximum Gasteiger partial charge on any atom is 0.409 e. The van der Waals surface area contributed by atoms with Crippen LogP contribution in [0.15, 0.2) is 18.2 Å². The van der Waals surface area contributed by atoms with Gasteiger partial charge in [-0.15, -0.1) is 0 Å². The molecule has 0 aromatic heterocycles. The lowest BCUT2D eigenvalue weighted by Gasteiger charge is -2.34. The number of hydrogen-bond acceptors (Lipinski definition) is 7. The minimum atomic E-state index is -0.523. The lowest BCUT2D eigenvalue weighted by Crippen LogP contribution is -2.48. The molecule has 10 heteroatoms. The molecule has 0 unspecified atom stereocenters. The van der Waals surface area contributed by atoms with Crippen molar-refractivity contribution in [2.75, 3.05) is 57.9 Å². The Labute approximate surface area is 206 Å². The van der Waals surface area contributed by atoms with E-state index in [0.29, 0.717) is 45.8 Å². The van der Waals surface area contributed by atoms with Crippen molar-refractivity contribution in [3.63, 3.8) is 0 Å². The van der Waals surface area contributed by atoms with Gasteiger partial charge in [0.15, 0.2) is 0 Å². The van der Waals surface area contributed by atoms with Gasteiger partial charge in [-0.3, -0.25) is 14.5 Å². The second-order valence-electron chi connectivity index (χ2n) is 8.55. The van der Waals surface area contributed by atoms with Crippen LogP contribution >= 0.6 is 11.8 Å². The monoisotopic (exact) mass is 492 g/mol. The summed E-state index contributed by atoms with van der Waals surface area (Å²) in [6, 6.07) is 5.62. The molecule has 3 rings (SSSR count). The van der Waals surface area contributed by atoms with Crippen molar-refractivity contribution in [1.82, 2.24) is 20.0 Å². The number of nitrogens with one attached hydrogen (secondary N) is 1. The summed E-state index contributed by atoms with van der Waals surface area (Å²) in [4.78, 5) is 42.6. The molecule has 3 amide bonds. The summed E-state index contributed by atoms with van der Waals surface area (Å²) in [5.41, 5.74) is 2.11. The molecule has 188 valence electrons. The summed E-state index contributed by atoms with van der Waals surface area (Å²) in [5.74, 6) is 1.33. The molecule has 1 N–H and O–H groups in total. The van der Waals surface area contributed by atoms with Crippen molar-refractivity contribution < 1.29 is 23.9 Å². The van der Waals surface area contributed by atoms with Crippen LogP contribution in [0.4, 0.5) is 4.79 Å². The third kappa shape index (κ3) is 7.27. The van der Waals surface area contributed by atoms with Crippen molar-refractivity contribution in [2.24, 2.45) is 0 Å². The van der Waals surface area contributed by atoms with E-state index in [1.807, 2.05) is 19.2 Å². The summed E-state index contributed by atoms with van der Waals surface area (Å²) < 4.78 is 11.0. The van der Waals surface area contributed by atoms with E-state index in [9.17, 15) is 14.4 Å². The van der Waals surface area contributed by atoms with Gasteiger partial charge in [0.1, 0.15) is 18.4 Å². The summed E-state index contributed by atoms with van der Waals surface area (Å²) in [6.45, 7) is 8.62. The van der Waals surface area contributed by atoms with Crippen LogP contribution in [0.25, 0.3) is 0 Å². The number of hydrogen-bond donors (Lipinski definition) is 1. The van der Waals surface area contributed by atoms with Gasteiger partial charge in [-0.25, -0.2) is 4.79 Å². The Morgan fingerprint density at radius 1 is 1.15 bits per heavy atom. The van der Waals surface area contributed by atoms with E-state index < -0.39 is 6.04 Å². The predicted molar refractivity (Wildman–Crippen MR) is 132 cm³/mol. The Hall–Kier alpha value is -2.46. The fourth-order valence-electron chi connectivity index (χ4n) is 4.25. The van der Waals surface area contributed by atoms with Crippen LogP contribution in [0.1, 0.15) is 31.4 Å². The predicted octanol–water partition coefficient (Wildman–Crippen LogP) is 1.94. The highest BCUT2D eigenvalue weighted by molar-refractivity contribution is 7.98. The average Bonchev–Trinajstić information content (AvgIpc) is 3.04. The maximum atomic E-state index is 13.2. The Kier molecular flexibility index (Phi) is 9.88. The van der Waals surface area contributed by atoms with Gasteiger partial charge in [0.2, 0.25) is 11.8 Å². The van der Waals surface area contributed by atoms with Crippen LogP contribution in [0, 0.1) is 0 Å². The van der Waals surface area contributed by atoms with Gasteiger partial charge in [-0.2, -0.15) is 11.8 Å². The normalized spacial score (nSPS) is 17.3. The topological polar surface area (TPSA) is 91.4 Å². The number of rotatable bonds is 8. The van der Waals surface area contributed by atoms with Gasteiger partial charge in [-0.1, -0.05) is 6.07 Å². The Morgan fingerprint density at radius 3 is 2.59 bits per heavy atom. The first-order valence-corrected chi connectivity index (χ1v) is 13.2. The molecule has 2 aliphatic heterocycles. The molecule has 1 aromatic rings. The first kappa shape index (κ1) is 26.2. The number of nitrogens with zero attached hydrogens (tertiary/aromatic N) is 3. The molecular formula is C24H36N4O5S. The van der Waals surface area contributed by atoms with Crippen LogP contribution in [-0.4, -0.2) is 96.6 Å². The maximum absolute atomic E-state index is 13.2. The lowest BCUT2D eigenvalue weighted by molar-refractivity contribution is -0.136. The number of benzene rings is 1. The van der Waals surface area contributed by atoms with E-state index in [1.54, 1.807) is 21.6 Å². The molecule has 0 saturated carbocycles. The van der Waals surface area contributed by atoms with Crippen LogP contribution in [-0.2, 0) is 27.4 Å². The molecule has 2 aliphatic rings. The number of piperazine rings is 1. The number of thioether (sulfide) groups is 1. The van der Waals surface area contributed by atoms with E-state index in [2.05, 4.69) is 22.3 Å². The second-order valence-corrected chi connectivity index (χ2v) is 9.53. The number of carbonyl (C=O) groups excluding carboxylic acids is 3. The molecule has 0 radical (unpaired) electrons. The minimum Gasteiger partial charge on any atom is -0.491 e. The van der Waals surface area contributed by atoms with Crippen molar-refractivity contribution in [3.8, 4) is 5.75 Å². The summed E-state index contributed by atoms with van der Waals surface area (Å²) in [6.07, 6.45) is 2.34. The number of fused-ring (bicyclic) bond motifs is 1. The first-order chi connectivity index (χ1) is 16.4. The van der Waals surface area contributed by atoms with E-state index >= 15 is 0 Å². The summed E-state index contributed by atoms with van der Waals surface area (Å²) >= 11 is 1.66. The van der Waals surface area contributed by atoms with E-state index in [4.69, 9.17) is 9.47 Å². The minimum absolute atomic E-state index is 0.0683. The highest BCUT2D eigenvalue weighted by Gasteiger charge is 2.28. The quantitative estimate of drug-likeness (QED) is 0.593. The average molecular weight is 493 g/mol. The van der Waals surface area contributed by atoms with Crippen molar-refractivity contribution in [2.45, 2.75) is 39.4 Å². The standard InChI is InChI=1S/C24H36N4O5S/c1-4-32-24(31)27-10-8-26(9-11-27)16-19-5-6-22-20(15-19)17-28(12-13-33-22)23(30)21(7-14-34-3)25-18(2)29/h5-6,15,21H,4,7-14,16-17H2,1-3H3,(H,25,29)/t21-/m0/s1.